The number of anilines is 1. The Balaban J connectivity index is 1.84. The van der Waals surface area contributed by atoms with Crippen LogP contribution in [-0.2, 0) is 10.0 Å². The highest BCUT2D eigenvalue weighted by molar-refractivity contribution is 7.89. The quantitative estimate of drug-likeness (QED) is 0.843. The van der Waals surface area contributed by atoms with Crippen LogP contribution in [0.1, 0.15) is 6.42 Å². The average Bonchev–Trinajstić information content (AvgIpc) is 2.85. The molecule has 0 saturated carbocycles. The molecule has 3 N–H and O–H groups in total. The maximum Gasteiger partial charge on any atom is 0.243 e. The lowest BCUT2D eigenvalue weighted by atomic mass is 10.1. The summed E-state index contributed by atoms with van der Waals surface area (Å²) < 4.78 is 27.0. The Morgan fingerprint density at radius 1 is 0.870 bits per heavy atom. The Hall–Kier alpha value is -1.89. The van der Waals surface area contributed by atoms with Crippen LogP contribution < -0.4 is 11.1 Å². The minimum Gasteiger partial charge on any atom is -0.399 e. The van der Waals surface area contributed by atoms with Crippen molar-refractivity contribution < 1.29 is 8.42 Å². The molecular formula is C17H21N3O2S. The summed E-state index contributed by atoms with van der Waals surface area (Å²) in [5.41, 5.74) is 8.39. The highest BCUT2D eigenvalue weighted by atomic mass is 32.2. The number of benzene rings is 2. The van der Waals surface area contributed by atoms with Crippen molar-refractivity contribution in [2.24, 2.45) is 0 Å². The van der Waals surface area contributed by atoms with Gasteiger partial charge in [-0.05, 0) is 48.4 Å². The summed E-state index contributed by atoms with van der Waals surface area (Å²) in [6.45, 7) is 2.64. The molecule has 0 spiro atoms. The van der Waals surface area contributed by atoms with Gasteiger partial charge in [-0.3, -0.25) is 0 Å². The summed E-state index contributed by atoms with van der Waals surface area (Å²) in [5.74, 6) is 0. The molecule has 6 heteroatoms. The minimum absolute atomic E-state index is 0.346. The largest absolute Gasteiger partial charge is 0.399 e. The third-order valence-corrected chi connectivity index (χ3v) is 5.95. The second-order valence-corrected chi connectivity index (χ2v) is 7.59. The van der Waals surface area contributed by atoms with E-state index in [1.54, 1.807) is 16.4 Å². The third kappa shape index (κ3) is 3.55. The molecule has 122 valence electrons. The van der Waals surface area contributed by atoms with Crippen molar-refractivity contribution in [3.63, 3.8) is 0 Å². The number of nitrogen functional groups attached to an aromatic ring is 1. The number of nitrogens with zero attached hydrogens (tertiary/aromatic N) is 1. The number of hydrogen-bond donors (Lipinski definition) is 2. The molecule has 0 bridgehead atoms. The topological polar surface area (TPSA) is 75.4 Å². The van der Waals surface area contributed by atoms with E-state index in [9.17, 15) is 8.42 Å². The molecule has 1 heterocycles. The number of rotatable bonds is 3. The predicted octanol–water partition coefficient (Wildman–Crippen LogP) is 1.92. The zero-order valence-electron chi connectivity index (χ0n) is 12.9. The van der Waals surface area contributed by atoms with Gasteiger partial charge in [0.1, 0.15) is 0 Å². The summed E-state index contributed by atoms with van der Waals surface area (Å²) >= 11 is 0. The molecule has 3 rings (SSSR count). The highest BCUT2D eigenvalue weighted by Crippen LogP contribution is 2.24. The first kappa shape index (κ1) is 16.0. The monoisotopic (exact) mass is 331 g/mol. The van der Waals surface area contributed by atoms with Gasteiger partial charge in [0.25, 0.3) is 0 Å². The molecule has 0 atom stereocenters. The zero-order valence-corrected chi connectivity index (χ0v) is 13.7. The van der Waals surface area contributed by atoms with Crippen LogP contribution in [-0.4, -0.2) is 38.9 Å². The van der Waals surface area contributed by atoms with Gasteiger partial charge in [0.15, 0.2) is 0 Å². The van der Waals surface area contributed by atoms with Crippen molar-refractivity contribution in [1.29, 1.82) is 0 Å². The molecule has 0 unspecified atom stereocenters. The SMILES string of the molecule is Nc1ccc(-c2ccc(S(=O)(=O)N3CCCNCC3)cc2)cc1. The molecule has 23 heavy (non-hydrogen) atoms. The summed E-state index contributed by atoms with van der Waals surface area (Å²) in [7, 11) is -3.42. The third-order valence-electron chi connectivity index (χ3n) is 4.04. The Morgan fingerprint density at radius 2 is 1.48 bits per heavy atom. The fourth-order valence-corrected chi connectivity index (χ4v) is 4.18. The van der Waals surface area contributed by atoms with E-state index < -0.39 is 10.0 Å². The molecule has 1 saturated heterocycles. The molecule has 1 fully saturated rings. The smallest absolute Gasteiger partial charge is 0.243 e. The van der Waals surface area contributed by atoms with Crippen molar-refractivity contribution in [3.8, 4) is 11.1 Å². The van der Waals surface area contributed by atoms with Crippen molar-refractivity contribution >= 4 is 15.7 Å². The first-order valence-corrected chi connectivity index (χ1v) is 9.18. The molecule has 1 aliphatic heterocycles. The first-order chi connectivity index (χ1) is 11.1. The Bertz CT molecular complexity index is 747. The van der Waals surface area contributed by atoms with Crippen LogP contribution >= 0.6 is 0 Å². The van der Waals surface area contributed by atoms with Crippen LogP contribution in [0, 0.1) is 0 Å². The summed E-state index contributed by atoms with van der Waals surface area (Å²) in [5, 5.41) is 3.22. The molecule has 2 aromatic rings. The lowest BCUT2D eigenvalue weighted by Gasteiger charge is -2.19. The number of hydrogen-bond acceptors (Lipinski definition) is 4. The van der Waals surface area contributed by atoms with Crippen molar-refractivity contribution in [1.82, 2.24) is 9.62 Å². The minimum atomic E-state index is -3.42. The van der Waals surface area contributed by atoms with E-state index in [1.807, 2.05) is 36.4 Å². The van der Waals surface area contributed by atoms with Gasteiger partial charge in [0.05, 0.1) is 4.90 Å². The van der Waals surface area contributed by atoms with E-state index in [4.69, 9.17) is 5.73 Å². The van der Waals surface area contributed by atoms with E-state index in [2.05, 4.69) is 5.32 Å². The number of nitrogens with one attached hydrogen (secondary N) is 1. The molecule has 1 aliphatic rings. The highest BCUT2D eigenvalue weighted by Gasteiger charge is 2.24. The fourth-order valence-electron chi connectivity index (χ4n) is 2.71. The van der Waals surface area contributed by atoms with Gasteiger partial charge in [-0.15, -0.1) is 0 Å². The fraction of sp³-hybridized carbons (Fsp3) is 0.294. The zero-order chi connectivity index (χ0) is 16.3. The number of sulfonamides is 1. The van der Waals surface area contributed by atoms with E-state index in [1.165, 1.54) is 0 Å². The summed E-state index contributed by atoms with van der Waals surface area (Å²) in [6, 6.07) is 14.6. The molecule has 0 amide bonds. The predicted molar refractivity (Wildman–Crippen MR) is 92.5 cm³/mol. The Kier molecular flexibility index (Phi) is 4.66. The molecule has 0 radical (unpaired) electrons. The molecule has 0 aromatic heterocycles. The van der Waals surface area contributed by atoms with E-state index in [-0.39, 0.29) is 0 Å². The molecular weight excluding hydrogens is 310 g/mol. The van der Waals surface area contributed by atoms with Gasteiger partial charge in [0.2, 0.25) is 10.0 Å². The standard InChI is InChI=1S/C17H21N3O2S/c18-16-6-2-14(3-7-16)15-4-8-17(9-5-15)23(21,22)20-12-1-10-19-11-13-20/h2-9,19H,1,10-13,18H2. The maximum atomic E-state index is 12.7. The van der Waals surface area contributed by atoms with Gasteiger partial charge < -0.3 is 11.1 Å². The van der Waals surface area contributed by atoms with E-state index in [0.29, 0.717) is 30.2 Å². The lowest BCUT2D eigenvalue weighted by Crippen LogP contribution is -2.34. The molecule has 2 aromatic carbocycles. The summed E-state index contributed by atoms with van der Waals surface area (Å²) in [4.78, 5) is 0.346. The van der Waals surface area contributed by atoms with Crippen molar-refractivity contribution in [2.75, 3.05) is 31.9 Å². The maximum absolute atomic E-state index is 12.7. The van der Waals surface area contributed by atoms with Crippen LogP contribution in [0.4, 0.5) is 5.69 Å². The van der Waals surface area contributed by atoms with Gasteiger partial charge in [-0.1, -0.05) is 24.3 Å². The summed E-state index contributed by atoms with van der Waals surface area (Å²) in [6.07, 6.45) is 0.836. The Labute approximate surface area is 137 Å². The van der Waals surface area contributed by atoms with E-state index in [0.717, 1.165) is 24.1 Å². The first-order valence-electron chi connectivity index (χ1n) is 7.74. The average molecular weight is 331 g/mol. The Morgan fingerprint density at radius 3 is 2.13 bits per heavy atom. The lowest BCUT2D eigenvalue weighted by molar-refractivity contribution is 0.432. The molecule has 5 nitrogen and oxygen atoms in total. The van der Waals surface area contributed by atoms with Gasteiger partial charge in [0, 0.05) is 25.3 Å². The van der Waals surface area contributed by atoms with E-state index >= 15 is 0 Å². The molecule has 0 aliphatic carbocycles. The van der Waals surface area contributed by atoms with Gasteiger partial charge >= 0.3 is 0 Å². The van der Waals surface area contributed by atoms with Crippen molar-refractivity contribution in [2.45, 2.75) is 11.3 Å². The second-order valence-electron chi connectivity index (χ2n) is 5.65. The van der Waals surface area contributed by atoms with Gasteiger partial charge in [-0.25, -0.2) is 8.42 Å². The van der Waals surface area contributed by atoms with Crippen LogP contribution in [0.5, 0.6) is 0 Å². The van der Waals surface area contributed by atoms with Crippen LogP contribution in [0.3, 0.4) is 0 Å². The second kappa shape index (κ2) is 6.70. The van der Waals surface area contributed by atoms with Crippen LogP contribution in [0.2, 0.25) is 0 Å². The van der Waals surface area contributed by atoms with Gasteiger partial charge in [-0.2, -0.15) is 4.31 Å². The normalized spacial score (nSPS) is 16.9. The number of nitrogens with two attached hydrogens (primary N) is 1. The van der Waals surface area contributed by atoms with Crippen LogP contribution in [0.15, 0.2) is 53.4 Å². The van der Waals surface area contributed by atoms with Crippen LogP contribution in [0.25, 0.3) is 11.1 Å². The van der Waals surface area contributed by atoms with Crippen molar-refractivity contribution in [3.05, 3.63) is 48.5 Å².